The minimum absolute atomic E-state index is 0.0882. The lowest BCUT2D eigenvalue weighted by Crippen LogP contribution is -2.19. The van der Waals surface area contributed by atoms with Crippen LogP contribution in [-0.4, -0.2) is 57.6 Å². The second-order valence-electron chi connectivity index (χ2n) is 10.7. The van der Waals surface area contributed by atoms with Crippen LogP contribution < -0.4 is 15.4 Å². The number of ether oxygens (including phenoxy) is 1. The van der Waals surface area contributed by atoms with Gasteiger partial charge in [0.15, 0.2) is 0 Å². The molecule has 11 heteroatoms. The molecule has 1 amide bonds. The van der Waals surface area contributed by atoms with E-state index in [1.165, 1.54) is 17.4 Å². The van der Waals surface area contributed by atoms with Gasteiger partial charge in [-0.05, 0) is 81.0 Å². The van der Waals surface area contributed by atoms with Crippen molar-refractivity contribution in [3.05, 3.63) is 107 Å². The quantitative estimate of drug-likeness (QED) is 0.164. The topological polar surface area (TPSA) is 96.7 Å². The molecule has 0 fully saturated rings. The van der Waals surface area contributed by atoms with Crippen molar-refractivity contribution in [3.63, 3.8) is 0 Å². The lowest BCUT2D eigenvalue weighted by Gasteiger charge is -2.15. The molecule has 0 spiro atoms. The number of carbonyl (C=O) groups is 1. The van der Waals surface area contributed by atoms with Crippen LogP contribution in [-0.2, 0) is 11.2 Å². The number of nitrogens with one attached hydrogen (secondary N) is 2. The van der Waals surface area contributed by atoms with Gasteiger partial charge in [-0.2, -0.15) is 5.10 Å². The van der Waals surface area contributed by atoms with Crippen LogP contribution >= 0.6 is 11.3 Å². The van der Waals surface area contributed by atoms with Crippen molar-refractivity contribution in [1.29, 1.82) is 0 Å². The Morgan fingerprint density at radius 2 is 1.93 bits per heavy atom. The van der Waals surface area contributed by atoms with Crippen LogP contribution in [0, 0.1) is 12.7 Å². The van der Waals surface area contributed by atoms with E-state index in [2.05, 4.69) is 20.5 Å². The Labute approximate surface area is 264 Å². The summed E-state index contributed by atoms with van der Waals surface area (Å²) in [6, 6.07) is 21.8. The SMILES string of the molecule is Cc1c(Nc2nccc(-c3c(-c4ccc(F)c(NC(=O)Cc5cccs5)c4)nn4ccccc34)n2)cccc1OCCN(C)C. The van der Waals surface area contributed by atoms with Gasteiger partial charge in [-0.15, -0.1) is 11.3 Å². The number of pyridine rings is 1. The maximum Gasteiger partial charge on any atom is 0.229 e. The molecule has 0 aliphatic rings. The van der Waals surface area contributed by atoms with E-state index < -0.39 is 5.82 Å². The maximum atomic E-state index is 14.9. The van der Waals surface area contributed by atoms with Crippen molar-refractivity contribution in [2.75, 3.05) is 37.9 Å². The Bertz CT molecular complexity index is 1960. The number of anilines is 3. The molecule has 0 unspecified atom stereocenters. The summed E-state index contributed by atoms with van der Waals surface area (Å²) in [5, 5.41) is 12.8. The molecule has 0 aliphatic heterocycles. The third-order valence-corrected chi connectivity index (χ3v) is 8.08. The van der Waals surface area contributed by atoms with E-state index in [1.54, 1.807) is 22.8 Å². The van der Waals surface area contributed by atoms with E-state index >= 15 is 0 Å². The highest BCUT2D eigenvalue weighted by Crippen LogP contribution is 2.36. The van der Waals surface area contributed by atoms with Gasteiger partial charge in [0.25, 0.3) is 0 Å². The highest BCUT2D eigenvalue weighted by Gasteiger charge is 2.20. The summed E-state index contributed by atoms with van der Waals surface area (Å²) < 4.78 is 22.7. The van der Waals surface area contributed by atoms with Crippen molar-refractivity contribution in [2.24, 2.45) is 0 Å². The van der Waals surface area contributed by atoms with Crippen molar-refractivity contribution in [1.82, 2.24) is 24.5 Å². The van der Waals surface area contributed by atoms with Gasteiger partial charge in [0, 0.05) is 40.6 Å². The number of hydrogen-bond acceptors (Lipinski definition) is 8. The zero-order chi connectivity index (χ0) is 31.3. The standard InChI is InChI=1S/C34H32FN7O2S/c1-22-26(9-6-11-30(22)44-18-17-41(2)3)38-34-36-15-14-27(39-34)32-29-10-4-5-16-42(29)40-33(32)23-12-13-25(35)28(20-23)37-31(43)21-24-8-7-19-45-24/h4-16,19-20H,17-18,21H2,1-3H3,(H,37,43)(H,36,38,39). The predicted molar refractivity (Wildman–Crippen MR) is 177 cm³/mol. The molecule has 45 heavy (non-hydrogen) atoms. The second kappa shape index (κ2) is 13.2. The molecule has 0 saturated carbocycles. The average molecular weight is 622 g/mol. The molecule has 4 heterocycles. The molecule has 6 aromatic rings. The third kappa shape index (κ3) is 6.84. The summed E-state index contributed by atoms with van der Waals surface area (Å²) in [6.45, 7) is 3.37. The Morgan fingerprint density at radius 1 is 1.04 bits per heavy atom. The van der Waals surface area contributed by atoms with E-state index in [4.69, 9.17) is 14.8 Å². The molecule has 0 saturated heterocycles. The van der Waals surface area contributed by atoms with E-state index in [-0.39, 0.29) is 18.0 Å². The van der Waals surface area contributed by atoms with Crippen LogP contribution in [0.4, 0.5) is 21.7 Å². The number of nitrogens with zero attached hydrogens (tertiary/aromatic N) is 5. The van der Waals surface area contributed by atoms with Gasteiger partial charge in [-0.1, -0.05) is 18.2 Å². The fourth-order valence-electron chi connectivity index (χ4n) is 4.91. The lowest BCUT2D eigenvalue weighted by molar-refractivity contribution is -0.115. The number of aromatic nitrogens is 4. The van der Waals surface area contributed by atoms with Crippen LogP contribution in [0.3, 0.4) is 0 Å². The summed E-state index contributed by atoms with van der Waals surface area (Å²) in [4.78, 5) is 25.0. The highest BCUT2D eigenvalue weighted by atomic mass is 32.1. The van der Waals surface area contributed by atoms with E-state index in [0.717, 1.165) is 39.5 Å². The lowest BCUT2D eigenvalue weighted by atomic mass is 10.0. The van der Waals surface area contributed by atoms with E-state index in [9.17, 15) is 9.18 Å². The molecule has 0 atom stereocenters. The summed E-state index contributed by atoms with van der Waals surface area (Å²) in [7, 11) is 4.02. The largest absolute Gasteiger partial charge is 0.492 e. The molecular weight excluding hydrogens is 589 g/mol. The van der Waals surface area contributed by atoms with Crippen LogP contribution in [0.1, 0.15) is 10.4 Å². The van der Waals surface area contributed by atoms with Gasteiger partial charge in [-0.25, -0.2) is 18.9 Å². The normalized spacial score (nSPS) is 11.2. The molecule has 6 rings (SSSR count). The zero-order valence-corrected chi connectivity index (χ0v) is 25.9. The third-order valence-electron chi connectivity index (χ3n) is 7.21. The highest BCUT2D eigenvalue weighted by molar-refractivity contribution is 7.10. The number of halogens is 1. The number of likely N-dealkylation sites (N-methyl/N-ethyl adjacent to an activating group) is 1. The smallest absolute Gasteiger partial charge is 0.229 e. The Kier molecular flexibility index (Phi) is 8.81. The van der Waals surface area contributed by atoms with Gasteiger partial charge in [0.05, 0.1) is 28.9 Å². The summed E-state index contributed by atoms with van der Waals surface area (Å²) in [5.74, 6) is 0.374. The molecule has 0 radical (unpaired) electrons. The second-order valence-corrected chi connectivity index (χ2v) is 11.8. The number of hydrogen-bond donors (Lipinski definition) is 2. The predicted octanol–water partition coefficient (Wildman–Crippen LogP) is 6.83. The number of benzene rings is 2. The molecule has 2 aromatic carbocycles. The number of rotatable bonds is 11. The van der Waals surface area contributed by atoms with Crippen LogP contribution in [0.5, 0.6) is 5.75 Å². The molecule has 228 valence electrons. The van der Waals surface area contributed by atoms with Gasteiger partial charge >= 0.3 is 0 Å². The zero-order valence-electron chi connectivity index (χ0n) is 25.1. The molecule has 2 N–H and O–H groups in total. The first kappa shape index (κ1) is 29.9. The minimum atomic E-state index is -0.527. The molecule has 4 aromatic heterocycles. The number of amides is 1. The first-order chi connectivity index (χ1) is 21.9. The Morgan fingerprint density at radius 3 is 2.76 bits per heavy atom. The number of carbonyl (C=O) groups excluding carboxylic acids is 1. The van der Waals surface area contributed by atoms with Crippen LogP contribution in [0.15, 0.2) is 90.6 Å². The van der Waals surface area contributed by atoms with Gasteiger partial charge < -0.3 is 20.3 Å². The average Bonchev–Trinajstić information content (AvgIpc) is 3.68. The first-order valence-corrected chi connectivity index (χ1v) is 15.3. The van der Waals surface area contributed by atoms with E-state index in [1.807, 2.05) is 87.2 Å². The van der Waals surface area contributed by atoms with Crippen molar-refractivity contribution in [2.45, 2.75) is 13.3 Å². The van der Waals surface area contributed by atoms with Gasteiger partial charge in [0.2, 0.25) is 11.9 Å². The summed E-state index contributed by atoms with van der Waals surface area (Å²) >= 11 is 1.48. The van der Waals surface area contributed by atoms with Gasteiger partial charge in [-0.3, -0.25) is 4.79 Å². The minimum Gasteiger partial charge on any atom is -0.492 e. The maximum absolute atomic E-state index is 14.9. The molecule has 9 nitrogen and oxygen atoms in total. The number of fused-ring (bicyclic) bond motifs is 1. The van der Waals surface area contributed by atoms with Crippen molar-refractivity contribution >= 4 is 40.1 Å². The fourth-order valence-corrected chi connectivity index (χ4v) is 5.61. The molecule has 0 aliphatic carbocycles. The molecule has 0 bridgehead atoms. The summed E-state index contributed by atoms with van der Waals surface area (Å²) in [5.41, 5.74) is 5.29. The first-order valence-electron chi connectivity index (χ1n) is 14.4. The fraction of sp³-hybridized carbons (Fsp3) is 0.176. The molecular formula is C34H32FN7O2S. The Hall–Kier alpha value is -5.13. The van der Waals surface area contributed by atoms with Crippen molar-refractivity contribution in [3.8, 4) is 28.3 Å². The van der Waals surface area contributed by atoms with Crippen LogP contribution in [0.2, 0.25) is 0 Å². The van der Waals surface area contributed by atoms with Gasteiger partial charge in [0.1, 0.15) is 23.9 Å². The Balaban J connectivity index is 1.33. The number of thiophene rings is 1. The van der Waals surface area contributed by atoms with E-state index in [0.29, 0.717) is 29.5 Å². The monoisotopic (exact) mass is 621 g/mol. The van der Waals surface area contributed by atoms with Crippen molar-refractivity contribution < 1.29 is 13.9 Å². The van der Waals surface area contributed by atoms with Crippen LogP contribution in [0.25, 0.3) is 28.0 Å². The summed E-state index contributed by atoms with van der Waals surface area (Å²) in [6.07, 6.45) is 3.71.